The predicted octanol–water partition coefficient (Wildman–Crippen LogP) is 2.47. The molecule has 0 aliphatic carbocycles. The highest BCUT2D eigenvalue weighted by Gasteiger charge is 2.42. The van der Waals surface area contributed by atoms with Crippen LogP contribution in [-0.2, 0) is 11.2 Å². The summed E-state index contributed by atoms with van der Waals surface area (Å²) in [6.07, 6.45) is 5.67. The number of aliphatic hydroxyl groups is 1. The average Bonchev–Trinajstić information content (AvgIpc) is 3.27. The number of nitrogens with one attached hydrogen (secondary N) is 2. The molecule has 0 bridgehead atoms. The number of nitrogens with zero attached hydrogens (tertiary/aromatic N) is 3. The number of hydrogen-bond donors (Lipinski definition) is 3. The van der Waals surface area contributed by atoms with Gasteiger partial charge in [0.1, 0.15) is 0 Å². The van der Waals surface area contributed by atoms with Crippen molar-refractivity contribution in [3.05, 3.63) is 47.3 Å². The van der Waals surface area contributed by atoms with Crippen molar-refractivity contribution in [1.29, 1.82) is 0 Å². The fourth-order valence-electron chi connectivity index (χ4n) is 4.72. The van der Waals surface area contributed by atoms with Gasteiger partial charge < -0.3 is 15.3 Å². The Morgan fingerprint density at radius 2 is 1.97 bits per heavy atom. The van der Waals surface area contributed by atoms with E-state index < -0.39 is 0 Å². The molecule has 0 aromatic heterocycles. The first-order valence-corrected chi connectivity index (χ1v) is 10.7. The van der Waals surface area contributed by atoms with Crippen LogP contribution in [0.1, 0.15) is 44.7 Å². The van der Waals surface area contributed by atoms with E-state index in [-0.39, 0.29) is 23.5 Å². The van der Waals surface area contributed by atoms with E-state index in [0.717, 1.165) is 54.4 Å². The Balaban J connectivity index is 1.55. The molecule has 1 aromatic rings. The summed E-state index contributed by atoms with van der Waals surface area (Å²) >= 11 is 0. The number of aliphatic hydroxyl groups excluding tert-OH is 1. The molecule has 1 fully saturated rings. The molecule has 158 valence electrons. The topological polar surface area (TPSA) is 80.2 Å². The molecule has 7 heteroatoms. The molecule has 30 heavy (non-hydrogen) atoms. The Morgan fingerprint density at radius 3 is 2.70 bits per heavy atom. The first-order valence-electron chi connectivity index (χ1n) is 10.7. The van der Waals surface area contributed by atoms with Crippen molar-refractivity contribution < 1.29 is 9.90 Å². The van der Waals surface area contributed by atoms with Crippen LogP contribution in [0, 0.1) is 5.41 Å². The first-order chi connectivity index (χ1) is 14.3. The molecule has 5 rings (SSSR count). The molecule has 3 N–H and O–H groups in total. The van der Waals surface area contributed by atoms with E-state index in [0.29, 0.717) is 6.42 Å². The van der Waals surface area contributed by atoms with Gasteiger partial charge in [0.15, 0.2) is 0 Å². The van der Waals surface area contributed by atoms with Gasteiger partial charge in [-0.15, -0.1) is 0 Å². The largest absolute Gasteiger partial charge is 0.393 e. The number of hydrazine groups is 1. The molecule has 1 amide bonds. The number of guanidine groups is 1. The van der Waals surface area contributed by atoms with Gasteiger partial charge in [-0.2, -0.15) is 0 Å². The summed E-state index contributed by atoms with van der Waals surface area (Å²) in [6.45, 7) is 8.29. The van der Waals surface area contributed by atoms with Crippen LogP contribution in [0.2, 0.25) is 0 Å². The van der Waals surface area contributed by atoms with Gasteiger partial charge in [0.05, 0.1) is 24.3 Å². The van der Waals surface area contributed by atoms with Crippen molar-refractivity contribution >= 4 is 23.1 Å². The molecule has 0 spiro atoms. The van der Waals surface area contributed by atoms with E-state index in [4.69, 9.17) is 0 Å². The van der Waals surface area contributed by atoms with Crippen LogP contribution in [0.25, 0.3) is 5.57 Å². The van der Waals surface area contributed by atoms with Gasteiger partial charge >= 0.3 is 0 Å². The summed E-state index contributed by atoms with van der Waals surface area (Å²) in [5, 5.41) is 14.9. The Morgan fingerprint density at radius 1 is 1.20 bits per heavy atom. The Labute approximate surface area is 177 Å². The molecule has 1 saturated heterocycles. The summed E-state index contributed by atoms with van der Waals surface area (Å²) < 4.78 is 0. The average molecular weight is 408 g/mol. The van der Waals surface area contributed by atoms with Crippen molar-refractivity contribution in [1.82, 2.24) is 15.3 Å². The van der Waals surface area contributed by atoms with Crippen molar-refractivity contribution in [3.63, 3.8) is 0 Å². The van der Waals surface area contributed by atoms with Crippen LogP contribution in [-0.4, -0.2) is 52.1 Å². The lowest BCUT2D eigenvalue weighted by molar-refractivity contribution is -0.115. The number of benzene rings is 1. The van der Waals surface area contributed by atoms with Crippen LogP contribution in [0.5, 0.6) is 0 Å². The molecule has 4 heterocycles. The van der Waals surface area contributed by atoms with E-state index in [1.165, 1.54) is 5.57 Å². The van der Waals surface area contributed by atoms with E-state index in [2.05, 4.69) is 64.6 Å². The third-order valence-electron chi connectivity index (χ3n) is 6.34. The minimum atomic E-state index is -0.219. The van der Waals surface area contributed by atoms with Gasteiger partial charge in [0.25, 0.3) is 0 Å². The summed E-state index contributed by atoms with van der Waals surface area (Å²) in [4.78, 5) is 18.8. The fourth-order valence-corrected chi connectivity index (χ4v) is 4.72. The SMILES string of the molecule is CC(C)(C)C1NN2C(N3CCC(O)CC3)=NC=CC2=C1c1ccc2c(c1)CC(=O)N2. The number of aliphatic imine (C=N–C) groups is 1. The van der Waals surface area contributed by atoms with Crippen LogP contribution >= 0.6 is 0 Å². The van der Waals surface area contributed by atoms with Crippen molar-refractivity contribution in [2.24, 2.45) is 10.4 Å². The number of likely N-dealkylation sites (tertiary alicyclic amines) is 1. The van der Waals surface area contributed by atoms with Crippen molar-refractivity contribution in [2.75, 3.05) is 18.4 Å². The zero-order valence-electron chi connectivity index (χ0n) is 17.8. The van der Waals surface area contributed by atoms with Crippen LogP contribution < -0.4 is 10.7 Å². The fraction of sp³-hybridized carbons (Fsp3) is 0.478. The molecule has 0 saturated carbocycles. The summed E-state index contributed by atoms with van der Waals surface area (Å²) in [6, 6.07) is 6.36. The zero-order valence-corrected chi connectivity index (χ0v) is 17.8. The molecular formula is C23H29N5O2. The maximum atomic E-state index is 11.8. The Kier molecular flexibility index (Phi) is 4.48. The highest BCUT2D eigenvalue weighted by molar-refractivity contribution is 6.00. The number of hydrogen-bond acceptors (Lipinski definition) is 6. The smallest absolute Gasteiger partial charge is 0.228 e. The van der Waals surface area contributed by atoms with Gasteiger partial charge in [0.2, 0.25) is 11.9 Å². The van der Waals surface area contributed by atoms with Crippen molar-refractivity contribution in [3.8, 4) is 0 Å². The molecule has 7 nitrogen and oxygen atoms in total. The highest BCUT2D eigenvalue weighted by atomic mass is 16.3. The lowest BCUT2D eigenvalue weighted by Gasteiger charge is -2.38. The van der Waals surface area contributed by atoms with Crippen LogP contribution in [0.3, 0.4) is 0 Å². The summed E-state index contributed by atoms with van der Waals surface area (Å²) in [7, 11) is 0. The number of carbonyl (C=O) groups excluding carboxylic acids is 1. The predicted molar refractivity (Wildman–Crippen MR) is 117 cm³/mol. The van der Waals surface area contributed by atoms with E-state index >= 15 is 0 Å². The first kappa shape index (κ1) is 19.3. The van der Waals surface area contributed by atoms with Gasteiger partial charge in [-0.1, -0.05) is 26.8 Å². The minimum absolute atomic E-state index is 0.0240. The number of anilines is 1. The number of piperidine rings is 1. The van der Waals surface area contributed by atoms with Crippen LogP contribution in [0.4, 0.5) is 5.69 Å². The number of amides is 1. The normalized spacial score (nSPS) is 24.2. The Bertz CT molecular complexity index is 980. The number of allylic oxidation sites excluding steroid dienone is 1. The lowest BCUT2D eigenvalue weighted by atomic mass is 9.80. The molecule has 1 unspecified atom stereocenters. The molecule has 4 aliphatic heterocycles. The maximum absolute atomic E-state index is 11.8. The summed E-state index contributed by atoms with van der Waals surface area (Å²) in [5.74, 6) is 0.944. The molecular weight excluding hydrogens is 378 g/mol. The molecule has 0 radical (unpaired) electrons. The number of carbonyl (C=O) groups is 1. The van der Waals surface area contributed by atoms with Gasteiger partial charge in [-0.05, 0) is 47.6 Å². The van der Waals surface area contributed by atoms with Gasteiger partial charge in [-0.25, -0.2) is 15.4 Å². The highest BCUT2D eigenvalue weighted by Crippen LogP contribution is 2.41. The number of fused-ring (bicyclic) bond motifs is 2. The van der Waals surface area contributed by atoms with Gasteiger partial charge in [-0.3, -0.25) is 4.79 Å². The lowest BCUT2D eigenvalue weighted by Crippen LogP contribution is -2.54. The minimum Gasteiger partial charge on any atom is -0.393 e. The molecule has 4 aliphatic rings. The second kappa shape index (κ2) is 6.96. The third-order valence-corrected chi connectivity index (χ3v) is 6.34. The standard InChI is InChI=1S/C23H29N5O2/c1-23(2,3)21-20(14-4-5-17-15(12-14)13-19(30)25-17)18-6-9-24-22(28(18)26-21)27-10-7-16(29)8-11-27/h4-6,9,12,16,21,26,29H,7-8,10-11,13H2,1-3H3,(H,25,30). The van der Waals surface area contributed by atoms with E-state index in [9.17, 15) is 9.90 Å². The van der Waals surface area contributed by atoms with Gasteiger partial charge in [0, 0.05) is 30.5 Å². The second-order valence-electron chi connectivity index (χ2n) is 9.62. The summed E-state index contributed by atoms with van der Waals surface area (Å²) in [5.41, 5.74) is 9.11. The second-order valence-corrected chi connectivity index (χ2v) is 9.62. The van der Waals surface area contributed by atoms with Crippen LogP contribution in [0.15, 0.2) is 41.2 Å². The maximum Gasteiger partial charge on any atom is 0.228 e. The Hall–Kier alpha value is -2.64. The number of rotatable bonds is 1. The van der Waals surface area contributed by atoms with E-state index in [1.807, 2.05) is 12.3 Å². The third kappa shape index (κ3) is 3.22. The quantitative estimate of drug-likeness (QED) is 0.666. The van der Waals surface area contributed by atoms with Crippen molar-refractivity contribution in [2.45, 2.75) is 52.2 Å². The van der Waals surface area contributed by atoms with E-state index in [1.54, 1.807) is 0 Å². The molecule has 1 atom stereocenters. The zero-order chi connectivity index (χ0) is 21.0. The monoisotopic (exact) mass is 407 g/mol. The molecule has 1 aromatic carbocycles.